The molecule has 0 aliphatic heterocycles. The first-order valence-corrected chi connectivity index (χ1v) is 7.19. The normalized spacial score (nSPS) is 11.2. The van der Waals surface area contributed by atoms with Gasteiger partial charge in [0, 0.05) is 17.0 Å². The molecule has 23 heavy (non-hydrogen) atoms. The van der Waals surface area contributed by atoms with Gasteiger partial charge in [-0.2, -0.15) is 0 Å². The van der Waals surface area contributed by atoms with E-state index in [2.05, 4.69) is 0 Å². The Kier molecular flexibility index (Phi) is 2.91. The molecule has 4 rings (SSSR count). The van der Waals surface area contributed by atoms with Gasteiger partial charge in [-0.15, -0.1) is 0 Å². The maximum atomic E-state index is 12.8. The fraction of sp³-hybridized carbons (Fsp3) is 0.0526. The molecule has 0 aliphatic rings. The van der Waals surface area contributed by atoms with Gasteiger partial charge in [-0.05, 0) is 25.1 Å². The second-order valence-electron chi connectivity index (χ2n) is 5.45. The highest BCUT2D eigenvalue weighted by atomic mass is 16.4. The van der Waals surface area contributed by atoms with Crippen molar-refractivity contribution in [1.82, 2.24) is 0 Å². The molecule has 0 saturated carbocycles. The molecule has 2 aromatic heterocycles. The molecule has 0 atom stereocenters. The summed E-state index contributed by atoms with van der Waals surface area (Å²) >= 11 is 0. The highest BCUT2D eigenvalue weighted by Crippen LogP contribution is 2.26. The summed E-state index contributed by atoms with van der Waals surface area (Å²) in [5.41, 5.74) is 2.16. The van der Waals surface area contributed by atoms with Gasteiger partial charge in [0.1, 0.15) is 17.4 Å². The molecule has 0 fully saturated rings. The third kappa shape index (κ3) is 2.16. The second kappa shape index (κ2) is 4.95. The summed E-state index contributed by atoms with van der Waals surface area (Å²) in [7, 11) is 0. The number of benzene rings is 2. The minimum absolute atomic E-state index is 0.161. The monoisotopic (exact) mass is 304 g/mol. The van der Waals surface area contributed by atoms with Gasteiger partial charge in [-0.3, -0.25) is 4.79 Å². The smallest absolute Gasteiger partial charge is 0.336 e. The van der Waals surface area contributed by atoms with E-state index in [0.717, 1.165) is 5.56 Å². The number of aryl methyl sites for hydroxylation is 1. The Morgan fingerprint density at radius 2 is 1.65 bits per heavy atom. The van der Waals surface area contributed by atoms with Crippen molar-refractivity contribution in [2.75, 3.05) is 0 Å². The van der Waals surface area contributed by atoms with Crippen LogP contribution in [0.25, 0.3) is 33.1 Å². The van der Waals surface area contributed by atoms with E-state index in [1.165, 1.54) is 12.3 Å². The largest absolute Gasteiger partial charge is 0.463 e. The minimum Gasteiger partial charge on any atom is -0.463 e. The van der Waals surface area contributed by atoms with Crippen LogP contribution in [0.4, 0.5) is 0 Å². The highest BCUT2D eigenvalue weighted by molar-refractivity contribution is 5.94. The molecule has 0 bridgehead atoms. The maximum Gasteiger partial charge on any atom is 0.336 e. The lowest BCUT2D eigenvalue weighted by atomic mass is 10.0. The van der Waals surface area contributed by atoms with Crippen LogP contribution in [-0.4, -0.2) is 0 Å². The highest BCUT2D eigenvalue weighted by Gasteiger charge is 2.13. The maximum absolute atomic E-state index is 12.8. The summed E-state index contributed by atoms with van der Waals surface area (Å²) in [6.07, 6.45) is 1.40. The van der Waals surface area contributed by atoms with E-state index in [0.29, 0.717) is 33.1 Å². The molecule has 0 radical (unpaired) electrons. The van der Waals surface area contributed by atoms with Crippen molar-refractivity contribution in [2.45, 2.75) is 6.92 Å². The molecule has 0 amide bonds. The lowest BCUT2D eigenvalue weighted by molar-refractivity contribution is 0.561. The van der Waals surface area contributed by atoms with Crippen LogP contribution in [0.3, 0.4) is 0 Å². The molecule has 2 aromatic carbocycles. The molecule has 0 unspecified atom stereocenters. The Morgan fingerprint density at radius 3 is 2.52 bits per heavy atom. The van der Waals surface area contributed by atoms with Crippen LogP contribution in [0, 0.1) is 6.92 Å². The molecule has 0 saturated heterocycles. The average molecular weight is 304 g/mol. The van der Waals surface area contributed by atoms with Gasteiger partial charge in [0.25, 0.3) is 0 Å². The van der Waals surface area contributed by atoms with Crippen LogP contribution in [0.2, 0.25) is 0 Å². The first kappa shape index (κ1) is 13.5. The molecule has 112 valence electrons. The molecule has 2 heterocycles. The van der Waals surface area contributed by atoms with E-state index in [1.807, 2.05) is 25.1 Å². The molecule has 4 aromatic rings. The average Bonchev–Trinajstić information content (AvgIpc) is 2.55. The van der Waals surface area contributed by atoms with Gasteiger partial charge in [0.15, 0.2) is 0 Å². The van der Waals surface area contributed by atoms with E-state index >= 15 is 0 Å². The summed E-state index contributed by atoms with van der Waals surface area (Å²) in [5.74, 6) is 0. The standard InChI is InChI=1S/C19H12O4/c1-11-6-7-16-14(8-11)19(21)15(10-22-16)13-9-18(20)23-17-5-3-2-4-12(13)17/h2-10H,1H3. The number of hydrogen-bond acceptors (Lipinski definition) is 4. The summed E-state index contributed by atoms with van der Waals surface area (Å²) in [4.78, 5) is 24.7. The number of para-hydroxylation sites is 1. The number of hydrogen-bond donors (Lipinski definition) is 0. The Bertz CT molecular complexity index is 1170. The molecule has 0 spiro atoms. The topological polar surface area (TPSA) is 60.4 Å². The number of fused-ring (bicyclic) bond motifs is 2. The zero-order chi connectivity index (χ0) is 16.0. The van der Waals surface area contributed by atoms with Crippen molar-refractivity contribution in [2.24, 2.45) is 0 Å². The fourth-order valence-electron chi connectivity index (χ4n) is 2.77. The Morgan fingerprint density at radius 1 is 0.826 bits per heavy atom. The van der Waals surface area contributed by atoms with Crippen molar-refractivity contribution in [3.8, 4) is 11.1 Å². The third-order valence-corrected chi connectivity index (χ3v) is 3.87. The van der Waals surface area contributed by atoms with Crippen molar-refractivity contribution in [3.05, 3.63) is 81.0 Å². The summed E-state index contributed by atoms with van der Waals surface area (Å²) < 4.78 is 10.8. The van der Waals surface area contributed by atoms with Crippen molar-refractivity contribution in [3.63, 3.8) is 0 Å². The van der Waals surface area contributed by atoms with Crippen LogP contribution >= 0.6 is 0 Å². The summed E-state index contributed by atoms with van der Waals surface area (Å²) in [5, 5.41) is 1.20. The Hall–Kier alpha value is -3.14. The van der Waals surface area contributed by atoms with E-state index in [1.54, 1.807) is 24.3 Å². The molecule has 4 nitrogen and oxygen atoms in total. The lowest BCUT2D eigenvalue weighted by Crippen LogP contribution is -2.07. The molecular formula is C19H12O4. The van der Waals surface area contributed by atoms with Gasteiger partial charge in [-0.25, -0.2) is 4.79 Å². The zero-order valence-corrected chi connectivity index (χ0v) is 12.3. The molecular weight excluding hydrogens is 292 g/mol. The molecule has 4 heteroatoms. The van der Waals surface area contributed by atoms with Crippen molar-refractivity contribution in [1.29, 1.82) is 0 Å². The van der Waals surface area contributed by atoms with E-state index < -0.39 is 5.63 Å². The van der Waals surface area contributed by atoms with E-state index in [9.17, 15) is 9.59 Å². The predicted octanol–water partition coefficient (Wildman–Crippen LogP) is 3.87. The quantitative estimate of drug-likeness (QED) is 0.501. The molecule has 0 N–H and O–H groups in total. The Labute approximate surface area is 130 Å². The van der Waals surface area contributed by atoms with Crippen LogP contribution in [0.1, 0.15) is 5.56 Å². The summed E-state index contributed by atoms with van der Waals surface area (Å²) in [6.45, 7) is 1.91. The van der Waals surface area contributed by atoms with Gasteiger partial charge in [0.2, 0.25) is 5.43 Å². The van der Waals surface area contributed by atoms with Gasteiger partial charge < -0.3 is 8.83 Å². The first-order valence-electron chi connectivity index (χ1n) is 7.19. The van der Waals surface area contributed by atoms with E-state index in [-0.39, 0.29) is 5.43 Å². The first-order chi connectivity index (χ1) is 11.1. The van der Waals surface area contributed by atoms with Crippen LogP contribution < -0.4 is 11.1 Å². The van der Waals surface area contributed by atoms with Crippen molar-refractivity contribution >= 4 is 21.9 Å². The fourth-order valence-corrected chi connectivity index (χ4v) is 2.77. The van der Waals surface area contributed by atoms with E-state index in [4.69, 9.17) is 8.83 Å². The predicted molar refractivity (Wildman–Crippen MR) is 88.7 cm³/mol. The second-order valence-corrected chi connectivity index (χ2v) is 5.45. The van der Waals surface area contributed by atoms with Gasteiger partial charge >= 0.3 is 5.63 Å². The minimum atomic E-state index is -0.498. The van der Waals surface area contributed by atoms with Crippen LogP contribution in [0.15, 0.2) is 73.2 Å². The Balaban J connectivity index is 2.13. The lowest BCUT2D eigenvalue weighted by Gasteiger charge is -2.06. The molecule has 0 aliphatic carbocycles. The van der Waals surface area contributed by atoms with Crippen LogP contribution in [0.5, 0.6) is 0 Å². The van der Waals surface area contributed by atoms with Crippen molar-refractivity contribution < 1.29 is 8.83 Å². The number of rotatable bonds is 1. The summed E-state index contributed by atoms with van der Waals surface area (Å²) in [6, 6.07) is 13.9. The van der Waals surface area contributed by atoms with Gasteiger partial charge in [-0.1, -0.05) is 29.8 Å². The van der Waals surface area contributed by atoms with Gasteiger partial charge in [0.05, 0.1) is 10.9 Å². The SMILES string of the molecule is Cc1ccc2occ(-c3cc(=O)oc4ccccc34)c(=O)c2c1. The third-order valence-electron chi connectivity index (χ3n) is 3.87. The van der Waals surface area contributed by atoms with Crippen LogP contribution in [-0.2, 0) is 0 Å². The zero-order valence-electron chi connectivity index (χ0n) is 12.3.